The van der Waals surface area contributed by atoms with Crippen molar-refractivity contribution in [3.63, 3.8) is 0 Å². The smallest absolute Gasteiger partial charge is 0.122 e. The number of ether oxygens (including phenoxy) is 2. The first kappa shape index (κ1) is 14.0. The van der Waals surface area contributed by atoms with Gasteiger partial charge in [-0.3, -0.25) is 0 Å². The van der Waals surface area contributed by atoms with Crippen LogP contribution in [0, 0.1) is 13.8 Å². The van der Waals surface area contributed by atoms with Gasteiger partial charge >= 0.3 is 0 Å². The molecule has 0 aliphatic carbocycles. The van der Waals surface area contributed by atoms with Crippen LogP contribution in [-0.2, 0) is 4.74 Å². The fraction of sp³-hybridized carbons (Fsp3) is 0.571. The summed E-state index contributed by atoms with van der Waals surface area (Å²) in [5, 5.41) is 3.32. The summed E-state index contributed by atoms with van der Waals surface area (Å²) in [7, 11) is 1.73. The van der Waals surface area contributed by atoms with Gasteiger partial charge in [0.25, 0.3) is 0 Å². The van der Waals surface area contributed by atoms with Gasteiger partial charge in [-0.05, 0) is 44.0 Å². The fourth-order valence-electron chi connectivity index (χ4n) is 1.56. The monoisotopic (exact) mass is 237 g/mol. The maximum atomic E-state index is 5.73. The van der Waals surface area contributed by atoms with E-state index in [1.165, 1.54) is 11.1 Å². The largest absolute Gasteiger partial charge is 0.492 e. The third-order valence-electron chi connectivity index (χ3n) is 2.58. The van der Waals surface area contributed by atoms with Gasteiger partial charge in [-0.2, -0.15) is 0 Å². The molecular formula is C14H23NO2. The summed E-state index contributed by atoms with van der Waals surface area (Å²) in [6.07, 6.45) is 1.04. The Balaban J connectivity index is 2.15. The van der Waals surface area contributed by atoms with Crippen LogP contribution in [0.25, 0.3) is 0 Å². The molecule has 0 saturated carbocycles. The van der Waals surface area contributed by atoms with Crippen molar-refractivity contribution in [1.82, 2.24) is 5.32 Å². The Hall–Kier alpha value is -1.06. The number of rotatable bonds is 8. The molecule has 0 saturated heterocycles. The second-order valence-corrected chi connectivity index (χ2v) is 4.21. The van der Waals surface area contributed by atoms with Gasteiger partial charge in [0.15, 0.2) is 0 Å². The van der Waals surface area contributed by atoms with Crippen molar-refractivity contribution in [3.8, 4) is 5.75 Å². The summed E-state index contributed by atoms with van der Waals surface area (Å²) >= 11 is 0. The van der Waals surface area contributed by atoms with Gasteiger partial charge in [0, 0.05) is 20.3 Å². The first-order valence-corrected chi connectivity index (χ1v) is 6.13. The first-order valence-electron chi connectivity index (χ1n) is 6.13. The predicted octanol–water partition coefficient (Wildman–Crippen LogP) is 2.31. The minimum atomic E-state index is 0.706. The van der Waals surface area contributed by atoms with Gasteiger partial charge in [-0.25, -0.2) is 0 Å². The van der Waals surface area contributed by atoms with Crippen LogP contribution in [0.3, 0.4) is 0 Å². The standard InChI is InChI=1S/C14H23NO2/c1-12-5-6-13(2)14(11-12)17-10-8-15-7-4-9-16-3/h5-6,11,15H,4,7-10H2,1-3H3. The van der Waals surface area contributed by atoms with E-state index in [0.717, 1.165) is 31.9 Å². The molecule has 3 nitrogen and oxygen atoms in total. The minimum Gasteiger partial charge on any atom is -0.492 e. The molecule has 17 heavy (non-hydrogen) atoms. The summed E-state index contributed by atoms with van der Waals surface area (Å²) < 4.78 is 10.7. The number of nitrogens with one attached hydrogen (secondary N) is 1. The number of methoxy groups -OCH3 is 1. The third kappa shape index (κ3) is 5.71. The summed E-state index contributed by atoms with van der Waals surface area (Å²) in [5.41, 5.74) is 2.42. The van der Waals surface area contributed by atoms with Gasteiger partial charge in [0.1, 0.15) is 12.4 Å². The molecule has 3 heteroatoms. The topological polar surface area (TPSA) is 30.5 Å². The number of aryl methyl sites for hydroxylation is 2. The van der Waals surface area contributed by atoms with Crippen LogP contribution in [0.2, 0.25) is 0 Å². The SMILES string of the molecule is COCCCNCCOc1cc(C)ccc1C. The van der Waals surface area contributed by atoms with E-state index in [2.05, 4.69) is 37.4 Å². The van der Waals surface area contributed by atoms with Gasteiger partial charge in [0.2, 0.25) is 0 Å². The summed E-state index contributed by atoms with van der Waals surface area (Å²) in [4.78, 5) is 0. The lowest BCUT2D eigenvalue weighted by Gasteiger charge is -2.10. The number of hydrogen-bond donors (Lipinski definition) is 1. The normalized spacial score (nSPS) is 10.5. The Bertz CT molecular complexity index is 326. The molecule has 0 amide bonds. The molecule has 0 aliphatic rings. The van der Waals surface area contributed by atoms with Crippen LogP contribution >= 0.6 is 0 Å². The molecule has 1 N–H and O–H groups in total. The van der Waals surface area contributed by atoms with Crippen LogP contribution in [0.5, 0.6) is 5.75 Å². The van der Waals surface area contributed by atoms with Crippen molar-refractivity contribution in [2.45, 2.75) is 20.3 Å². The summed E-state index contributed by atoms with van der Waals surface area (Å²) in [6.45, 7) is 7.51. The lowest BCUT2D eigenvalue weighted by Crippen LogP contribution is -2.23. The molecule has 0 radical (unpaired) electrons. The highest BCUT2D eigenvalue weighted by atomic mass is 16.5. The molecule has 0 spiro atoms. The van der Waals surface area contributed by atoms with E-state index in [1.54, 1.807) is 7.11 Å². The van der Waals surface area contributed by atoms with E-state index in [9.17, 15) is 0 Å². The Morgan fingerprint density at radius 3 is 2.71 bits per heavy atom. The van der Waals surface area contributed by atoms with Crippen LogP contribution in [0.1, 0.15) is 17.5 Å². The molecule has 1 aromatic carbocycles. The van der Waals surface area contributed by atoms with Crippen molar-refractivity contribution >= 4 is 0 Å². The van der Waals surface area contributed by atoms with Gasteiger partial charge in [0.05, 0.1) is 0 Å². The minimum absolute atomic E-state index is 0.706. The molecule has 0 bridgehead atoms. The lowest BCUT2D eigenvalue weighted by molar-refractivity contribution is 0.193. The van der Waals surface area contributed by atoms with E-state index < -0.39 is 0 Å². The lowest BCUT2D eigenvalue weighted by atomic mass is 10.1. The molecule has 0 aliphatic heterocycles. The third-order valence-corrected chi connectivity index (χ3v) is 2.58. The fourth-order valence-corrected chi connectivity index (χ4v) is 1.56. The Kier molecular flexibility index (Phi) is 6.67. The van der Waals surface area contributed by atoms with Gasteiger partial charge < -0.3 is 14.8 Å². The van der Waals surface area contributed by atoms with E-state index in [1.807, 2.05) is 0 Å². The van der Waals surface area contributed by atoms with Gasteiger partial charge in [-0.1, -0.05) is 12.1 Å². The van der Waals surface area contributed by atoms with E-state index in [0.29, 0.717) is 6.61 Å². The van der Waals surface area contributed by atoms with E-state index >= 15 is 0 Å². The second kappa shape index (κ2) is 8.09. The average Bonchev–Trinajstić information content (AvgIpc) is 2.32. The van der Waals surface area contributed by atoms with Crippen LogP contribution in [0.4, 0.5) is 0 Å². The highest BCUT2D eigenvalue weighted by molar-refractivity contribution is 5.35. The number of hydrogen-bond acceptors (Lipinski definition) is 3. The first-order chi connectivity index (χ1) is 8.24. The molecular weight excluding hydrogens is 214 g/mol. The second-order valence-electron chi connectivity index (χ2n) is 4.21. The highest BCUT2D eigenvalue weighted by Gasteiger charge is 1.99. The zero-order chi connectivity index (χ0) is 12.5. The van der Waals surface area contributed by atoms with Crippen molar-refractivity contribution in [2.24, 2.45) is 0 Å². The molecule has 96 valence electrons. The van der Waals surface area contributed by atoms with Crippen LogP contribution in [0.15, 0.2) is 18.2 Å². The number of benzene rings is 1. The van der Waals surface area contributed by atoms with E-state index in [4.69, 9.17) is 9.47 Å². The maximum Gasteiger partial charge on any atom is 0.122 e. The Labute approximate surface area is 104 Å². The summed E-state index contributed by atoms with van der Waals surface area (Å²) in [6, 6.07) is 6.28. The average molecular weight is 237 g/mol. The van der Waals surface area contributed by atoms with Crippen molar-refractivity contribution in [3.05, 3.63) is 29.3 Å². The Morgan fingerprint density at radius 1 is 1.12 bits per heavy atom. The van der Waals surface area contributed by atoms with Gasteiger partial charge in [-0.15, -0.1) is 0 Å². The molecule has 1 rings (SSSR count). The molecule has 0 heterocycles. The zero-order valence-electron chi connectivity index (χ0n) is 11.1. The zero-order valence-corrected chi connectivity index (χ0v) is 11.1. The van der Waals surface area contributed by atoms with Crippen molar-refractivity contribution < 1.29 is 9.47 Å². The van der Waals surface area contributed by atoms with Crippen molar-refractivity contribution in [1.29, 1.82) is 0 Å². The van der Waals surface area contributed by atoms with Crippen molar-refractivity contribution in [2.75, 3.05) is 33.4 Å². The highest BCUT2D eigenvalue weighted by Crippen LogP contribution is 2.18. The Morgan fingerprint density at radius 2 is 1.94 bits per heavy atom. The van der Waals surface area contributed by atoms with E-state index in [-0.39, 0.29) is 0 Å². The molecule has 0 atom stereocenters. The van der Waals surface area contributed by atoms with Crippen LogP contribution in [-0.4, -0.2) is 33.4 Å². The molecule has 0 unspecified atom stereocenters. The summed E-state index contributed by atoms with van der Waals surface area (Å²) in [5.74, 6) is 0.990. The quantitative estimate of drug-likeness (QED) is 0.704. The predicted molar refractivity (Wildman–Crippen MR) is 70.8 cm³/mol. The molecule has 0 fully saturated rings. The molecule has 1 aromatic rings. The van der Waals surface area contributed by atoms with Crippen LogP contribution < -0.4 is 10.1 Å². The molecule has 0 aromatic heterocycles. The maximum absolute atomic E-state index is 5.73.